The van der Waals surface area contributed by atoms with Gasteiger partial charge < -0.3 is 15.0 Å². The van der Waals surface area contributed by atoms with Crippen LogP contribution >= 0.6 is 24.0 Å². The molecule has 0 fully saturated rings. The number of benzene rings is 2. The van der Waals surface area contributed by atoms with Crippen molar-refractivity contribution in [2.75, 3.05) is 33.5 Å². The van der Waals surface area contributed by atoms with E-state index in [1.807, 2.05) is 11.9 Å². The zero-order valence-electron chi connectivity index (χ0n) is 16.7. The van der Waals surface area contributed by atoms with Crippen molar-refractivity contribution in [2.24, 2.45) is 4.99 Å². The molecular weight excluding hydrogens is 489 g/mol. The summed E-state index contributed by atoms with van der Waals surface area (Å²) in [6.07, 6.45) is 1.19. The maximum atomic E-state index is 11.5. The van der Waals surface area contributed by atoms with E-state index >= 15 is 0 Å². The number of ether oxygens (including phenoxy) is 1. The third-order valence-corrected chi connectivity index (χ3v) is 5.15. The molecular formula is C20H28IN3O3S. The Bertz CT molecular complexity index is 867. The average Bonchev–Trinajstić information content (AvgIpc) is 2.63. The average molecular weight is 517 g/mol. The first-order valence-electron chi connectivity index (χ1n) is 8.70. The Hall–Kier alpha value is -1.81. The lowest BCUT2D eigenvalue weighted by atomic mass is 10.1. The van der Waals surface area contributed by atoms with Crippen LogP contribution in [0.4, 0.5) is 0 Å². The molecule has 8 heteroatoms. The molecule has 2 rings (SSSR count). The molecule has 154 valence electrons. The summed E-state index contributed by atoms with van der Waals surface area (Å²) in [6, 6.07) is 14.8. The van der Waals surface area contributed by atoms with Crippen LogP contribution in [0.5, 0.6) is 5.75 Å². The Morgan fingerprint density at radius 2 is 1.71 bits per heavy atom. The molecule has 0 aliphatic heterocycles. The number of aryl methyl sites for hydroxylation is 1. The van der Waals surface area contributed by atoms with E-state index in [9.17, 15) is 8.42 Å². The summed E-state index contributed by atoms with van der Waals surface area (Å²) in [6.45, 7) is 3.85. The minimum absolute atomic E-state index is 0. The van der Waals surface area contributed by atoms with E-state index in [0.717, 1.165) is 12.5 Å². The Morgan fingerprint density at radius 3 is 2.25 bits per heavy atom. The predicted molar refractivity (Wildman–Crippen MR) is 124 cm³/mol. The highest BCUT2D eigenvalue weighted by Gasteiger charge is 2.08. The van der Waals surface area contributed by atoms with E-state index in [4.69, 9.17) is 4.74 Å². The van der Waals surface area contributed by atoms with Gasteiger partial charge in [0.05, 0.1) is 11.4 Å². The SMILES string of the molecule is CN=C(NCCOc1ccc(S(C)(=O)=O)cc1)N(C)Cc1ccc(C)cc1.I. The molecule has 0 unspecified atom stereocenters. The first-order chi connectivity index (χ1) is 12.8. The van der Waals surface area contributed by atoms with Crippen molar-refractivity contribution in [1.82, 2.24) is 10.2 Å². The molecule has 0 aliphatic rings. The third kappa shape index (κ3) is 7.67. The third-order valence-electron chi connectivity index (χ3n) is 4.02. The van der Waals surface area contributed by atoms with E-state index in [-0.39, 0.29) is 28.9 Å². The highest BCUT2D eigenvalue weighted by molar-refractivity contribution is 14.0. The van der Waals surface area contributed by atoms with Gasteiger partial charge >= 0.3 is 0 Å². The van der Waals surface area contributed by atoms with Crippen LogP contribution in [0.1, 0.15) is 11.1 Å². The van der Waals surface area contributed by atoms with Crippen LogP contribution in [0.2, 0.25) is 0 Å². The number of hydrogen-bond donors (Lipinski definition) is 1. The maximum Gasteiger partial charge on any atom is 0.193 e. The topological polar surface area (TPSA) is 71.0 Å². The number of hydrogen-bond acceptors (Lipinski definition) is 4. The van der Waals surface area contributed by atoms with Crippen molar-refractivity contribution in [1.29, 1.82) is 0 Å². The number of nitrogens with one attached hydrogen (secondary N) is 1. The van der Waals surface area contributed by atoms with Crippen LogP contribution in [0.15, 0.2) is 58.4 Å². The summed E-state index contributed by atoms with van der Waals surface area (Å²) in [5.74, 6) is 1.42. The standard InChI is InChI=1S/C20H27N3O3S.HI/c1-16-5-7-17(8-6-16)15-23(3)20(21-2)22-13-14-26-18-9-11-19(12-10-18)27(4,24)25;/h5-12H,13-15H2,1-4H3,(H,21,22);1H. The zero-order valence-corrected chi connectivity index (χ0v) is 19.8. The molecule has 0 aromatic heterocycles. The Labute approximate surface area is 184 Å². The van der Waals surface area contributed by atoms with Crippen molar-refractivity contribution < 1.29 is 13.2 Å². The van der Waals surface area contributed by atoms with Gasteiger partial charge in [0.25, 0.3) is 0 Å². The zero-order chi connectivity index (χ0) is 19.9. The largest absolute Gasteiger partial charge is 0.492 e. The minimum Gasteiger partial charge on any atom is -0.492 e. The Morgan fingerprint density at radius 1 is 1.11 bits per heavy atom. The van der Waals surface area contributed by atoms with E-state index in [0.29, 0.717) is 18.9 Å². The van der Waals surface area contributed by atoms with Crippen molar-refractivity contribution in [3.63, 3.8) is 0 Å². The van der Waals surface area contributed by atoms with Gasteiger partial charge in [-0.3, -0.25) is 4.99 Å². The smallest absolute Gasteiger partial charge is 0.193 e. The van der Waals surface area contributed by atoms with Crippen LogP contribution in [-0.4, -0.2) is 52.8 Å². The van der Waals surface area contributed by atoms with Gasteiger partial charge in [0.2, 0.25) is 0 Å². The van der Waals surface area contributed by atoms with E-state index in [1.165, 1.54) is 17.4 Å². The molecule has 2 aromatic carbocycles. The maximum absolute atomic E-state index is 11.5. The lowest BCUT2D eigenvalue weighted by Gasteiger charge is -2.22. The summed E-state index contributed by atoms with van der Waals surface area (Å²) in [7, 11) is 0.548. The Kier molecular flexibility index (Phi) is 9.74. The van der Waals surface area contributed by atoms with E-state index in [2.05, 4.69) is 41.5 Å². The molecule has 0 aliphatic carbocycles. The van der Waals surface area contributed by atoms with Crippen molar-refractivity contribution in [2.45, 2.75) is 18.4 Å². The first-order valence-corrected chi connectivity index (χ1v) is 10.6. The summed E-state index contributed by atoms with van der Waals surface area (Å²) >= 11 is 0. The van der Waals surface area contributed by atoms with Gasteiger partial charge in [-0.15, -0.1) is 24.0 Å². The molecule has 0 amide bonds. The van der Waals surface area contributed by atoms with Gasteiger partial charge in [-0.1, -0.05) is 29.8 Å². The van der Waals surface area contributed by atoms with Crippen LogP contribution < -0.4 is 10.1 Å². The summed E-state index contributed by atoms with van der Waals surface area (Å²) in [5, 5.41) is 3.26. The van der Waals surface area contributed by atoms with Gasteiger partial charge in [-0.25, -0.2) is 8.42 Å². The lowest BCUT2D eigenvalue weighted by Crippen LogP contribution is -2.40. The monoisotopic (exact) mass is 517 g/mol. The molecule has 1 N–H and O–H groups in total. The second-order valence-corrected chi connectivity index (χ2v) is 8.42. The molecule has 0 saturated carbocycles. The second-order valence-electron chi connectivity index (χ2n) is 6.41. The number of aliphatic imine (C=N–C) groups is 1. The minimum atomic E-state index is -3.19. The predicted octanol–water partition coefficient (Wildman–Crippen LogP) is 3.10. The molecule has 6 nitrogen and oxygen atoms in total. The molecule has 28 heavy (non-hydrogen) atoms. The van der Waals surface area contributed by atoms with Crippen LogP contribution in [0.25, 0.3) is 0 Å². The fourth-order valence-corrected chi connectivity index (χ4v) is 3.17. The number of halogens is 1. The molecule has 0 bridgehead atoms. The fourth-order valence-electron chi connectivity index (χ4n) is 2.54. The molecule has 2 aromatic rings. The van der Waals surface area contributed by atoms with Crippen molar-refractivity contribution >= 4 is 39.8 Å². The summed E-state index contributed by atoms with van der Waals surface area (Å²) < 4.78 is 28.6. The number of sulfone groups is 1. The molecule has 0 spiro atoms. The van der Waals surface area contributed by atoms with Gasteiger partial charge in [-0.05, 0) is 36.8 Å². The summed E-state index contributed by atoms with van der Waals surface area (Å²) in [5.41, 5.74) is 2.46. The number of rotatable bonds is 7. The number of guanidine groups is 1. The van der Waals surface area contributed by atoms with Crippen LogP contribution in [0, 0.1) is 6.92 Å². The van der Waals surface area contributed by atoms with Crippen LogP contribution in [-0.2, 0) is 16.4 Å². The van der Waals surface area contributed by atoms with Gasteiger partial charge in [-0.2, -0.15) is 0 Å². The molecule has 0 radical (unpaired) electrons. The highest BCUT2D eigenvalue weighted by atomic mass is 127. The van der Waals surface area contributed by atoms with Gasteiger partial charge in [0, 0.05) is 26.9 Å². The first kappa shape index (κ1) is 24.2. The summed E-state index contributed by atoms with van der Waals surface area (Å²) in [4.78, 5) is 6.62. The van der Waals surface area contributed by atoms with Crippen molar-refractivity contribution in [3.05, 3.63) is 59.7 Å². The second kappa shape index (κ2) is 11.3. The number of nitrogens with zero attached hydrogens (tertiary/aromatic N) is 2. The molecule has 0 atom stereocenters. The van der Waals surface area contributed by atoms with Crippen molar-refractivity contribution in [3.8, 4) is 5.75 Å². The van der Waals surface area contributed by atoms with Gasteiger partial charge in [0.15, 0.2) is 15.8 Å². The Balaban J connectivity index is 0.00000392. The highest BCUT2D eigenvalue weighted by Crippen LogP contribution is 2.15. The lowest BCUT2D eigenvalue weighted by molar-refractivity contribution is 0.319. The van der Waals surface area contributed by atoms with Crippen LogP contribution in [0.3, 0.4) is 0 Å². The fraction of sp³-hybridized carbons (Fsp3) is 0.350. The molecule has 0 heterocycles. The van der Waals surface area contributed by atoms with Gasteiger partial charge in [0.1, 0.15) is 12.4 Å². The van der Waals surface area contributed by atoms with E-state index < -0.39 is 9.84 Å². The quantitative estimate of drug-likeness (QED) is 0.265. The molecule has 0 saturated heterocycles. The van der Waals surface area contributed by atoms with E-state index in [1.54, 1.807) is 31.3 Å². The normalized spacial score (nSPS) is 11.5.